The lowest BCUT2D eigenvalue weighted by molar-refractivity contribution is -0.231. The zero-order valence-corrected chi connectivity index (χ0v) is 12.0. The average molecular weight is 294 g/mol. The second kappa shape index (κ2) is 6.31. The van der Waals surface area contributed by atoms with Crippen molar-refractivity contribution in [2.45, 2.75) is 25.9 Å². The van der Waals surface area contributed by atoms with Gasteiger partial charge in [-0.1, -0.05) is 18.2 Å². The van der Waals surface area contributed by atoms with Crippen LogP contribution in [0, 0.1) is 5.82 Å². The molecule has 0 bridgehead atoms. The Balaban J connectivity index is 2.40. The molecule has 0 aliphatic heterocycles. The van der Waals surface area contributed by atoms with Crippen molar-refractivity contribution in [2.24, 2.45) is 0 Å². The van der Waals surface area contributed by atoms with Crippen molar-refractivity contribution in [3.8, 4) is 0 Å². The number of halogens is 3. The largest absolute Gasteiger partial charge is 0.383 e. The molecule has 0 unspecified atom stereocenters. The summed E-state index contributed by atoms with van der Waals surface area (Å²) in [7, 11) is 0.940. The molecule has 0 saturated heterocycles. The van der Waals surface area contributed by atoms with Crippen molar-refractivity contribution in [1.29, 1.82) is 0 Å². The first kappa shape index (κ1) is 15.6. The third kappa shape index (κ3) is 3.45. The van der Waals surface area contributed by atoms with Gasteiger partial charge in [0.1, 0.15) is 5.82 Å². The monoisotopic (exact) mass is 294 g/mol. The van der Waals surface area contributed by atoms with E-state index in [0.29, 0.717) is 17.4 Å². The fourth-order valence-corrected chi connectivity index (χ4v) is 2.21. The van der Waals surface area contributed by atoms with Crippen molar-refractivity contribution in [3.63, 3.8) is 0 Å². The minimum atomic E-state index is -3.37. The van der Waals surface area contributed by atoms with E-state index in [1.54, 1.807) is 12.1 Å². The van der Waals surface area contributed by atoms with Gasteiger partial charge in [0.2, 0.25) is 0 Å². The van der Waals surface area contributed by atoms with Gasteiger partial charge in [-0.25, -0.2) is 4.39 Å². The average Bonchev–Trinajstić information content (AvgIpc) is 2.47. The highest BCUT2D eigenvalue weighted by Gasteiger charge is 2.31. The second-order valence-electron chi connectivity index (χ2n) is 4.83. The molecule has 0 aromatic heterocycles. The predicted octanol–water partition coefficient (Wildman–Crippen LogP) is 5.18. The summed E-state index contributed by atoms with van der Waals surface area (Å²) < 4.78 is 45.1. The lowest BCUT2D eigenvalue weighted by atomic mass is 10.0. The molecular weight excluding hydrogens is 277 g/mol. The van der Waals surface area contributed by atoms with Gasteiger partial charge < -0.3 is 4.74 Å². The van der Waals surface area contributed by atoms with Crippen LogP contribution >= 0.6 is 0 Å². The zero-order chi connectivity index (χ0) is 15.5. The molecule has 0 fully saturated rings. The van der Waals surface area contributed by atoms with E-state index in [2.05, 4.69) is 4.74 Å². The van der Waals surface area contributed by atoms with E-state index < -0.39 is 6.11 Å². The Morgan fingerprint density at radius 3 is 2.57 bits per heavy atom. The number of fused-ring (bicyclic) bond motifs is 1. The molecule has 4 heteroatoms. The highest BCUT2D eigenvalue weighted by Crippen LogP contribution is 2.31. The molecule has 0 heterocycles. The number of aryl methyl sites for hydroxylation is 1. The molecule has 0 aliphatic rings. The number of hydrogen-bond donors (Lipinski definition) is 0. The summed E-state index contributed by atoms with van der Waals surface area (Å²) in [5, 5.41) is 1.18. The summed E-state index contributed by atoms with van der Waals surface area (Å²) in [6.07, 6.45) is 1.85. The van der Waals surface area contributed by atoms with Crippen LogP contribution in [0.2, 0.25) is 0 Å². The van der Waals surface area contributed by atoms with Gasteiger partial charge in [0, 0.05) is 7.11 Å². The van der Waals surface area contributed by atoms with E-state index in [1.807, 2.05) is 19.1 Å². The lowest BCUT2D eigenvalue weighted by Crippen LogP contribution is -2.15. The van der Waals surface area contributed by atoms with Gasteiger partial charge in [-0.05, 0) is 60.4 Å². The van der Waals surface area contributed by atoms with Crippen molar-refractivity contribution < 1.29 is 17.9 Å². The standard InChI is InChI=1S/C17H17F3O/c1-3-4-5-6-13-9-12-7-8-15(17(19,20)21-2)10-14(12)11-16(13)18/h3-4,7-11H,5-6H2,1-2H3/b4-3+. The fourth-order valence-electron chi connectivity index (χ4n) is 2.21. The normalized spacial score (nSPS) is 12.4. The molecule has 0 aliphatic carbocycles. The lowest BCUT2D eigenvalue weighted by Gasteiger charge is -2.15. The van der Waals surface area contributed by atoms with Crippen molar-refractivity contribution in [1.82, 2.24) is 0 Å². The molecule has 0 amide bonds. The van der Waals surface area contributed by atoms with Crippen molar-refractivity contribution >= 4 is 10.8 Å². The number of ether oxygens (including phenoxy) is 1. The molecule has 112 valence electrons. The smallest absolute Gasteiger partial charge is 0.320 e. The van der Waals surface area contributed by atoms with E-state index in [9.17, 15) is 13.2 Å². The molecule has 0 saturated carbocycles. The number of benzene rings is 2. The van der Waals surface area contributed by atoms with Gasteiger partial charge in [-0.3, -0.25) is 0 Å². The van der Waals surface area contributed by atoms with Crippen LogP contribution in [0.4, 0.5) is 13.2 Å². The van der Waals surface area contributed by atoms with E-state index in [1.165, 1.54) is 18.2 Å². The van der Waals surface area contributed by atoms with Gasteiger partial charge in [-0.15, -0.1) is 0 Å². The van der Waals surface area contributed by atoms with Crippen molar-refractivity contribution in [2.75, 3.05) is 7.11 Å². The summed E-state index contributed by atoms with van der Waals surface area (Å²) >= 11 is 0. The fraction of sp³-hybridized carbons (Fsp3) is 0.294. The molecule has 2 aromatic rings. The Labute approximate surface area is 122 Å². The van der Waals surface area contributed by atoms with E-state index in [4.69, 9.17) is 0 Å². The van der Waals surface area contributed by atoms with Crippen molar-refractivity contribution in [3.05, 3.63) is 59.4 Å². The van der Waals surface area contributed by atoms with Crippen LogP contribution in [0.15, 0.2) is 42.5 Å². The minimum Gasteiger partial charge on any atom is -0.320 e. The third-order valence-electron chi connectivity index (χ3n) is 3.41. The summed E-state index contributed by atoms with van der Waals surface area (Å²) in [5.74, 6) is -0.370. The molecule has 0 radical (unpaired) electrons. The number of hydrogen-bond acceptors (Lipinski definition) is 1. The molecule has 0 atom stereocenters. The SMILES string of the molecule is C/C=C/CCc1cc2ccc(C(F)(F)OC)cc2cc1F. The molecular formula is C17H17F3O. The van der Waals surface area contributed by atoms with Crippen LogP contribution in [-0.4, -0.2) is 7.11 Å². The van der Waals surface area contributed by atoms with E-state index >= 15 is 0 Å². The van der Waals surface area contributed by atoms with Gasteiger partial charge in [-0.2, -0.15) is 8.78 Å². The Hall–Kier alpha value is -1.81. The maximum atomic E-state index is 14.0. The Kier molecular flexibility index (Phi) is 4.68. The van der Waals surface area contributed by atoms with Gasteiger partial charge in [0.05, 0.1) is 5.56 Å². The summed E-state index contributed by atoms with van der Waals surface area (Å²) in [6.45, 7) is 1.91. The zero-order valence-electron chi connectivity index (χ0n) is 12.0. The van der Waals surface area contributed by atoms with Crippen LogP contribution in [0.5, 0.6) is 0 Å². The Morgan fingerprint density at radius 1 is 1.14 bits per heavy atom. The summed E-state index contributed by atoms with van der Waals surface area (Å²) in [5.41, 5.74) is 0.311. The summed E-state index contributed by atoms with van der Waals surface area (Å²) in [6, 6.07) is 7.14. The summed E-state index contributed by atoms with van der Waals surface area (Å²) in [4.78, 5) is 0. The van der Waals surface area contributed by atoms with Crippen LogP contribution < -0.4 is 0 Å². The maximum Gasteiger partial charge on any atom is 0.383 e. The molecule has 2 rings (SSSR count). The number of alkyl halides is 2. The highest BCUT2D eigenvalue weighted by molar-refractivity contribution is 5.84. The van der Waals surface area contributed by atoms with Crippen LogP contribution in [0.1, 0.15) is 24.5 Å². The van der Waals surface area contributed by atoms with Gasteiger partial charge in [0.25, 0.3) is 0 Å². The van der Waals surface area contributed by atoms with Crippen LogP contribution in [0.3, 0.4) is 0 Å². The molecule has 0 spiro atoms. The molecule has 0 N–H and O–H groups in total. The first-order valence-corrected chi connectivity index (χ1v) is 6.74. The minimum absolute atomic E-state index is 0.279. The number of methoxy groups -OCH3 is 1. The topological polar surface area (TPSA) is 9.23 Å². The molecule has 2 aromatic carbocycles. The number of allylic oxidation sites excluding steroid dienone is 2. The molecule has 21 heavy (non-hydrogen) atoms. The van der Waals surface area contributed by atoms with Gasteiger partial charge >= 0.3 is 6.11 Å². The van der Waals surface area contributed by atoms with Gasteiger partial charge in [0.15, 0.2) is 0 Å². The number of rotatable bonds is 5. The van der Waals surface area contributed by atoms with E-state index in [-0.39, 0.29) is 11.4 Å². The maximum absolute atomic E-state index is 14.0. The second-order valence-corrected chi connectivity index (χ2v) is 4.83. The Morgan fingerprint density at radius 2 is 1.90 bits per heavy atom. The quantitative estimate of drug-likeness (QED) is 0.690. The highest BCUT2D eigenvalue weighted by atomic mass is 19.3. The van der Waals surface area contributed by atoms with E-state index in [0.717, 1.165) is 18.9 Å². The first-order valence-electron chi connectivity index (χ1n) is 6.74. The first-order chi connectivity index (χ1) is 9.97. The van der Waals surface area contributed by atoms with Crippen LogP contribution in [-0.2, 0) is 17.3 Å². The Bertz CT molecular complexity index is 662. The van der Waals surface area contributed by atoms with Crippen LogP contribution in [0.25, 0.3) is 10.8 Å². The third-order valence-corrected chi connectivity index (χ3v) is 3.41. The molecule has 1 nitrogen and oxygen atoms in total. The predicted molar refractivity (Wildman–Crippen MR) is 77.9 cm³/mol.